The summed E-state index contributed by atoms with van der Waals surface area (Å²) in [4.78, 5) is 1.14. The van der Waals surface area contributed by atoms with Crippen LogP contribution in [0.15, 0.2) is 24.3 Å². The number of benzene rings is 1. The summed E-state index contributed by atoms with van der Waals surface area (Å²) in [6, 6.07) is 6.86. The second-order valence-corrected chi connectivity index (χ2v) is 4.92. The van der Waals surface area contributed by atoms with Crippen LogP contribution in [-0.2, 0) is 11.3 Å². The number of rotatable bonds is 3. The Morgan fingerprint density at radius 2 is 2.13 bits per heavy atom. The maximum Gasteiger partial charge on any atom is 0.123 e. The molecule has 1 heterocycles. The molecule has 0 bridgehead atoms. The second kappa shape index (κ2) is 4.29. The standard InChI is InChI=1S/C12H13FOS/c1-8(2)14-7-11-6-9-5-10(13)3-4-12(9)15-11/h3-6,8H,7H2,1-2H3. The molecule has 0 unspecified atom stereocenters. The summed E-state index contributed by atoms with van der Waals surface area (Å²) < 4.78 is 19.5. The Bertz CT molecular complexity index is 462. The Labute approximate surface area is 92.5 Å². The zero-order valence-corrected chi connectivity index (χ0v) is 9.60. The minimum atomic E-state index is -0.184. The lowest BCUT2D eigenvalue weighted by Crippen LogP contribution is -2.00. The molecule has 3 heteroatoms. The van der Waals surface area contributed by atoms with Gasteiger partial charge in [0.15, 0.2) is 0 Å². The molecular formula is C12H13FOS. The van der Waals surface area contributed by atoms with Crippen molar-refractivity contribution < 1.29 is 9.13 Å². The first kappa shape index (κ1) is 10.6. The van der Waals surface area contributed by atoms with Crippen LogP contribution in [0, 0.1) is 5.82 Å². The number of thiophene rings is 1. The summed E-state index contributed by atoms with van der Waals surface area (Å²) in [5, 5.41) is 0.961. The van der Waals surface area contributed by atoms with Crippen LogP contribution < -0.4 is 0 Å². The highest BCUT2D eigenvalue weighted by Crippen LogP contribution is 2.26. The average molecular weight is 224 g/mol. The monoisotopic (exact) mass is 224 g/mol. The van der Waals surface area contributed by atoms with Gasteiger partial charge in [-0.15, -0.1) is 11.3 Å². The Kier molecular flexibility index (Phi) is 3.03. The lowest BCUT2D eigenvalue weighted by molar-refractivity contribution is 0.0675. The molecule has 0 aliphatic heterocycles. The molecule has 0 saturated carbocycles. The number of ether oxygens (including phenoxy) is 1. The molecule has 0 amide bonds. The van der Waals surface area contributed by atoms with Crippen LogP contribution in [0.4, 0.5) is 4.39 Å². The van der Waals surface area contributed by atoms with Crippen molar-refractivity contribution in [2.75, 3.05) is 0 Å². The van der Waals surface area contributed by atoms with Gasteiger partial charge in [0, 0.05) is 9.58 Å². The van der Waals surface area contributed by atoms with E-state index in [0.717, 1.165) is 15.0 Å². The highest BCUT2D eigenvalue weighted by molar-refractivity contribution is 7.19. The third-order valence-electron chi connectivity index (χ3n) is 2.09. The largest absolute Gasteiger partial charge is 0.373 e. The van der Waals surface area contributed by atoms with E-state index in [1.165, 1.54) is 6.07 Å². The fourth-order valence-corrected chi connectivity index (χ4v) is 2.36. The van der Waals surface area contributed by atoms with E-state index >= 15 is 0 Å². The number of hydrogen-bond donors (Lipinski definition) is 0. The van der Waals surface area contributed by atoms with Crippen LogP contribution in [-0.4, -0.2) is 6.10 Å². The third-order valence-corrected chi connectivity index (χ3v) is 3.18. The van der Waals surface area contributed by atoms with Crippen molar-refractivity contribution in [3.05, 3.63) is 35.0 Å². The van der Waals surface area contributed by atoms with Crippen LogP contribution in [0.3, 0.4) is 0 Å². The molecule has 0 radical (unpaired) electrons. The Morgan fingerprint density at radius 1 is 1.33 bits per heavy atom. The Hall–Kier alpha value is -0.930. The number of fused-ring (bicyclic) bond motifs is 1. The average Bonchev–Trinajstić information content (AvgIpc) is 2.56. The highest BCUT2D eigenvalue weighted by atomic mass is 32.1. The normalized spacial score (nSPS) is 11.5. The molecular weight excluding hydrogens is 211 g/mol. The molecule has 0 spiro atoms. The van der Waals surface area contributed by atoms with Crippen molar-refractivity contribution in [3.63, 3.8) is 0 Å². The quantitative estimate of drug-likeness (QED) is 0.766. The van der Waals surface area contributed by atoms with E-state index in [4.69, 9.17) is 4.74 Å². The molecule has 0 N–H and O–H groups in total. The molecule has 1 aromatic heterocycles. The van der Waals surface area contributed by atoms with Gasteiger partial charge in [0.2, 0.25) is 0 Å². The van der Waals surface area contributed by atoms with Gasteiger partial charge in [0.05, 0.1) is 12.7 Å². The molecule has 0 aliphatic carbocycles. The summed E-state index contributed by atoms with van der Waals surface area (Å²) in [5.41, 5.74) is 0. The first-order chi connectivity index (χ1) is 7.15. The van der Waals surface area contributed by atoms with Crippen molar-refractivity contribution in [3.8, 4) is 0 Å². The summed E-state index contributed by atoms with van der Waals surface area (Å²) in [6.07, 6.45) is 0.229. The predicted octanol–water partition coefficient (Wildman–Crippen LogP) is 3.97. The fraction of sp³-hybridized carbons (Fsp3) is 0.333. The minimum Gasteiger partial charge on any atom is -0.373 e. The fourth-order valence-electron chi connectivity index (χ4n) is 1.39. The van der Waals surface area contributed by atoms with Gasteiger partial charge in [-0.2, -0.15) is 0 Å². The SMILES string of the molecule is CC(C)OCc1cc2cc(F)ccc2s1. The Balaban J connectivity index is 2.23. The molecule has 0 fully saturated rings. The van der Waals surface area contributed by atoms with E-state index in [1.807, 2.05) is 26.0 Å². The van der Waals surface area contributed by atoms with Crippen LogP contribution in [0.5, 0.6) is 0 Å². The zero-order valence-electron chi connectivity index (χ0n) is 8.79. The first-order valence-electron chi connectivity index (χ1n) is 4.95. The van der Waals surface area contributed by atoms with Crippen LogP contribution in [0.25, 0.3) is 10.1 Å². The van der Waals surface area contributed by atoms with E-state index in [1.54, 1.807) is 17.4 Å². The Morgan fingerprint density at radius 3 is 2.87 bits per heavy atom. The van der Waals surface area contributed by atoms with Gasteiger partial charge in [0.25, 0.3) is 0 Å². The molecule has 0 saturated heterocycles. The van der Waals surface area contributed by atoms with E-state index in [-0.39, 0.29) is 11.9 Å². The van der Waals surface area contributed by atoms with Gasteiger partial charge in [-0.3, -0.25) is 0 Å². The smallest absolute Gasteiger partial charge is 0.123 e. The van der Waals surface area contributed by atoms with Gasteiger partial charge >= 0.3 is 0 Å². The third kappa shape index (κ3) is 2.55. The summed E-state index contributed by atoms with van der Waals surface area (Å²) in [5.74, 6) is -0.184. The van der Waals surface area contributed by atoms with Crippen LogP contribution in [0.1, 0.15) is 18.7 Å². The van der Waals surface area contributed by atoms with E-state index in [0.29, 0.717) is 6.61 Å². The maximum absolute atomic E-state index is 12.9. The molecule has 2 aromatic rings. The molecule has 1 nitrogen and oxygen atoms in total. The number of halogens is 1. The first-order valence-corrected chi connectivity index (χ1v) is 5.76. The molecule has 0 aliphatic rings. The van der Waals surface area contributed by atoms with E-state index in [2.05, 4.69) is 0 Å². The van der Waals surface area contributed by atoms with E-state index < -0.39 is 0 Å². The topological polar surface area (TPSA) is 9.23 Å². The van der Waals surface area contributed by atoms with E-state index in [9.17, 15) is 4.39 Å². The molecule has 1 aromatic carbocycles. The van der Waals surface area contributed by atoms with Gasteiger partial charge in [0.1, 0.15) is 5.82 Å². The second-order valence-electron chi connectivity index (χ2n) is 3.75. The lowest BCUT2D eigenvalue weighted by atomic mass is 10.2. The summed E-state index contributed by atoms with van der Waals surface area (Å²) >= 11 is 1.66. The van der Waals surface area contributed by atoms with Gasteiger partial charge in [-0.25, -0.2) is 4.39 Å². The summed E-state index contributed by atoms with van der Waals surface area (Å²) in [7, 11) is 0. The van der Waals surface area contributed by atoms with Crippen molar-refractivity contribution in [1.29, 1.82) is 0 Å². The maximum atomic E-state index is 12.9. The minimum absolute atomic E-state index is 0.184. The van der Waals surface area contributed by atoms with Gasteiger partial charge in [-0.1, -0.05) is 0 Å². The van der Waals surface area contributed by atoms with Gasteiger partial charge in [-0.05, 0) is 43.5 Å². The number of hydrogen-bond acceptors (Lipinski definition) is 2. The lowest BCUT2D eigenvalue weighted by Gasteiger charge is -2.04. The highest BCUT2D eigenvalue weighted by Gasteiger charge is 2.03. The predicted molar refractivity (Wildman–Crippen MR) is 61.7 cm³/mol. The van der Waals surface area contributed by atoms with Crippen LogP contribution in [0.2, 0.25) is 0 Å². The molecule has 2 rings (SSSR count). The van der Waals surface area contributed by atoms with Crippen molar-refractivity contribution in [2.45, 2.75) is 26.6 Å². The zero-order chi connectivity index (χ0) is 10.8. The molecule has 0 atom stereocenters. The van der Waals surface area contributed by atoms with Crippen molar-refractivity contribution >= 4 is 21.4 Å². The summed E-state index contributed by atoms with van der Waals surface area (Å²) in [6.45, 7) is 4.62. The van der Waals surface area contributed by atoms with Gasteiger partial charge < -0.3 is 4.74 Å². The van der Waals surface area contributed by atoms with Crippen molar-refractivity contribution in [2.24, 2.45) is 0 Å². The van der Waals surface area contributed by atoms with Crippen LogP contribution >= 0.6 is 11.3 Å². The molecule has 15 heavy (non-hydrogen) atoms. The van der Waals surface area contributed by atoms with Crippen molar-refractivity contribution in [1.82, 2.24) is 0 Å². The molecule has 80 valence electrons.